The van der Waals surface area contributed by atoms with Crippen molar-refractivity contribution in [2.45, 2.75) is 64.7 Å². The Morgan fingerprint density at radius 2 is 1.07 bits per heavy atom. The molecule has 0 N–H and O–H groups in total. The van der Waals surface area contributed by atoms with Crippen molar-refractivity contribution in [3.8, 4) is 23.0 Å². The third kappa shape index (κ3) is 6.93. The molecule has 2 aliphatic rings. The lowest BCUT2D eigenvalue weighted by Crippen LogP contribution is -2.33. The molecule has 2 aromatic carbocycles. The molecule has 2 fully saturated rings. The molecule has 2 saturated heterocycles. The van der Waals surface area contributed by atoms with Crippen molar-refractivity contribution in [3.05, 3.63) is 60.9 Å². The fraction of sp³-hybridized carbons (Fsp3) is 0.444. The fourth-order valence-electron chi connectivity index (χ4n) is 6.79. The monoisotopic (exact) mass is 628 g/mol. The van der Waals surface area contributed by atoms with Crippen LogP contribution >= 0.6 is 0 Å². The first-order valence-electron chi connectivity index (χ1n) is 16.3. The summed E-state index contributed by atoms with van der Waals surface area (Å²) in [7, 11) is 3.21. The highest BCUT2D eigenvalue weighted by molar-refractivity contribution is 5.97. The van der Waals surface area contributed by atoms with Crippen molar-refractivity contribution in [2.24, 2.45) is 0 Å². The summed E-state index contributed by atoms with van der Waals surface area (Å²) in [4.78, 5) is 30.9. The van der Waals surface area contributed by atoms with Gasteiger partial charge in [-0.1, -0.05) is 0 Å². The van der Waals surface area contributed by atoms with E-state index in [1.807, 2.05) is 48.8 Å². The highest BCUT2D eigenvalue weighted by Crippen LogP contribution is 2.34. The third-order valence-corrected chi connectivity index (χ3v) is 9.33. The number of methoxy groups -OCH3 is 2. The number of esters is 2. The van der Waals surface area contributed by atoms with Crippen LogP contribution in [0.25, 0.3) is 21.8 Å². The number of carbonyl (C=O) groups is 2. The highest BCUT2D eigenvalue weighted by atomic mass is 16.5. The maximum atomic E-state index is 13.0. The highest BCUT2D eigenvalue weighted by Gasteiger charge is 2.22. The minimum absolute atomic E-state index is 0.341. The van der Waals surface area contributed by atoms with E-state index in [2.05, 4.69) is 32.8 Å². The summed E-state index contributed by atoms with van der Waals surface area (Å²) in [5, 5.41) is 1.53. The Balaban J connectivity index is 1.17. The van der Waals surface area contributed by atoms with Gasteiger partial charge < -0.3 is 28.1 Å². The molecular formula is C36H44N4O6. The van der Waals surface area contributed by atoms with Crippen LogP contribution in [0.5, 0.6) is 23.0 Å². The van der Waals surface area contributed by atoms with E-state index in [0.29, 0.717) is 35.1 Å². The predicted octanol–water partition coefficient (Wildman–Crippen LogP) is 5.65. The molecule has 0 bridgehead atoms. The molecule has 244 valence electrons. The lowest BCUT2D eigenvalue weighted by atomic mass is 10.2. The molecule has 46 heavy (non-hydrogen) atoms. The lowest BCUT2D eigenvalue weighted by Gasteiger charge is -2.24. The summed E-state index contributed by atoms with van der Waals surface area (Å²) in [5.74, 6) is 0.810. The summed E-state index contributed by atoms with van der Waals surface area (Å²) in [6.45, 7) is 10.4. The average Bonchev–Trinajstić information content (AvgIpc) is 3.88. The van der Waals surface area contributed by atoms with E-state index < -0.39 is 11.9 Å². The summed E-state index contributed by atoms with van der Waals surface area (Å²) in [6.07, 6.45) is 10.8. The zero-order valence-electron chi connectivity index (χ0n) is 27.2. The van der Waals surface area contributed by atoms with Gasteiger partial charge in [0.2, 0.25) is 0 Å². The van der Waals surface area contributed by atoms with Crippen LogP contribution in [0.3, 0.4) is 0 Å². The van der Waals surface area contributed by atoms with E-state index >= 15 is 0 Å². The number of ether oxygens (including phenoxy) is 4. The second-order valence-corrected chi connectivity index (χ2v) is 12.4. The number of aromatic nitrogens is 2. The van der Waals surface area contributed by atoms with Gasteiger partial charge in [0.05, 0.1) is 25.3 Å². The van der Waals surface area contributed by atoms with Gasteiger partial charge in [-0.3, -0.25) is 9.80 Å². The number of nitrogens with zero attached hydrogens (tertiary/aromatic N) is 4. The van der Waals surface area contributed by atoms with Crippen molar-refractivity contribution in [2.75, 3.05) is 40.4 Å². The minimum atomic E-state index is -0.671. The van der Waals surface area contributed by atoms with E-state index in [4.69, 9.17) is 18.9 Å². The molecule has 0 amide bonds. The van der Waals surface area contributed by atoms with Gasteiger partial charge in [-0.15, -0.1) is 0 Å². The average molecular weight is 629 g/mol. The predicted molar refractivity (Wildman–Crippen MR) is 178 cm³/mol. The molecule has 10 nitrogen and oxygen atoms in total. The Kier molecular flexibility index (Phi) is 9.65. The topological polar surface area (TPSA) is 87.4 Å². The molecule has 2 atom stereocenters. The van der Waals surface area contributed by atoms with Crippen LogP contribution in [-0.4, -0.2) is 83.4 Å². The third-order valence-electron chi connectivity index (χ3n) is 9.33. The van der Waals surface area contributed by atoms with Crippen molar-refractivity contribution in [3.63, 3.8) is 0 Å². The standard InChI is InChI=1S/C36H44N4O6/c1-25(37-15-5-6-16-37)21-39-23-33(29-19-27(43-3)9-11-31(29)39)45-35(41)13-14-36(42)46-34-24-40(22-26(2)38-17-7-8-18-38)32-12-10-28(44-4)20-30(32)34/h9-14,19-20,23-26H,5-8,15-18,21-22H2,1-4H3/b14-13+/t25-,26-/m1/s1. The largest absolute Gasteiger partial charge is 0.497 e. The lowest BCUT2D eigenvalue weighted by molar-refractivity contribution is -0.131. The quantitative estimate of drug-likeness (QED) is 0.147. The Morgan fingerprint density at radius 1 is 0.674 bits per heavy atom. The van der Waals surface area contributed by atoms with Crippen molar-refractivity contribution >= 4 is 33.7 Å². The van der Waals surface area contributed by atoms with Gasteiger partial charge in [-0.25, -0.2) is 9.59 Å². The zero-order chi connectivity index (χ0) is 32.2. The molecule has 4 heterocycles. The smallest absolute Gasteiger partial charge is 0.336 e. The molecule has 0 saturated carbocycles. The molecule has 0 spiro atoms. The van der Waals surface area contributed by atoms with Gasteiger partial charge in [0.15, 0.2) is 11.5 Å². The van der Waals surface area contributed by atoms with Gasteiger partial charge in [-0.2, -0.15) is 0 Å². The van der Waals surface area contributed by atoms with Gasteiger partial charge in [0.1, 0.15) is 11.5 Å². The Morgan fingerprint density at radius 3 is 1.43 bits per heavy atom. The molecule has 0 unspecified atom stereocenters. The maximum Gasteiger partial charge on any atom is 0.336 e. The van der Waals surface area contributed by atoms with Crippen LogP contribution < -0.4 is 18.9 Å². The summed E-state index contributed by atoms with van der Waals surface area (Å²) < 4.78 is 26.6. The second kappa shape index (κ2) is 14.0. The van der Waals surface area contributed by atoms with Gasteiger partial charge in [0, 0.05) is 60.5 Å². The first-order chi connectivity index (χ1) is 22.3. The van der Waals surface area contributed by atoms with E-state index in [-0.39, 0.29) is 0 Å². The number of fused-ring (bicyclic) bond motifs is 2. The molecule has 6 rings (SSSR count). The Bertz CT molecular complexity index is 1600. The number of rotatable bonds is 12. The normalized spacial score (nSPS) is 17.2. The van der Waals surface area contributed by atoms with E-state index in [1.165, 1.54) is 25.7 Å². The molecule has 10 heteroatoms. The zero-order valence-corrected chi connectivity index (χ0v) is 27.2. The summed E-state index contributed by atoms with van der Waals surface area (Å²) >= 11 is 0. The Labute approximate surface area is 270 Å². The van der Waals surface area contributed by atoms with Gasteiger partial charge in [-0.05, 0) is 102 Å². The van der Waals surface area contributed by atoms with E-state index in [0.717, 1.165) is 73.2 Å². The van der Waals surface area contributed by atoms with Crippen LogP contribution in [0.1, 0.15) is 39.5 Å². The number of likely N-dealkylation sites (tertiary alicyclic amines) is 2. The number of hydrogen-bond acceptors (Lipinski definition) is 8. The molecular weight excluding hydrogens is 584 g/mol. The van der Waals surface area contributed by atoms with Crippen LogP contribution in [0, 0.1) is 0 Å². The van der Waals surface area contributed by atoms with Gasteiger partial charge in [0.25, 0.3) is 0 Å². The number of benzene rings is 2. The summed E-state index contributed by atoms with van der Waals surface area (Å²) in [6, 6.07) is 12.2. The molecule has 0 aliphatic carbocycles. The van der Waals surface area contributed by atoms with Crippen molar-refractivity contribution in [1.29, 1.82) is 0 Å². The van der Waals surface area contributed by atoms with E-state index in [1.54, 1.807) is 14.2 Å². The minimum Gasteiger partial charge on any atom is -0.497 e. The number of carbonyl (C=O) groups excluding carboxylic acids is 2. The van der Waals surface area contributed by atoms with Gasteiger partial charge >= 0.3 is 11.9 Å². The van der Waals surface area contributed by atoms with Crippen molar-refractivity contribution in [1.82, 2.24) is 18.9 Å². The second-order valence-electron chi connectivity index (χ2n) is 12.4. The first kappa shape index (κ1) is 31.7. The first-order valence-corrected chi connectivity index (χ1v) is 16.3. The summed E-state index contributed by atoms with van der Waals surface area (Å²) in [5.41, 5.74) is 1.90. The molecule has 0 radical (unpaired) electrons. The molecule has 2 aromatic heterocycles. The van der Waals surface area contributed by atoms with E-state index in [9.17, 15) is 9.59 Å². The van der Waals surface area contributed by atoms with Crippen LogP contribution in [0.15, 0.2) is 60.9 Å². The number of hydrogen-bond donors (Lipinski definition) is 0. The SMILES string of the molecule is COc1ccc2c(c1)c(OC(=O)/C=C/C(=O)Oc1cn(C[C@@H](C)N3CCCC3)c3ccc(OC)cc13)cn2C[C@@H](C)N1CCCC1. The van der Waals surface area contributed by atoms with Crippen LogP contribution in [0.4, 0.5) is 0 Å². The molecule has 4 aromatic rings. The fourth-order valence-corrected chi connectivity index (χ4v) is 6.79. The maximum absolute atomic E-state index is 13.0. The molecule has 2 aliphatic heterocycles. The van der Waals surface area contributed by atoms with Crippen LogP contribution in [0.2, 0.25) is 0 Å². The van der Waals surface area contributed by atoms with Crippen LogP contribution in [-0.2, 0) is 22.7 Å². The Hall–Kier alpha value is -4.28. The van der Waals surface area contributed by atoms with Crippen molar-refractivity contribution < 1.29 is 28.5 Å².